The fourth-order valence-electron chi connectivity index (χ4n) is 1.79. The quantitative estimate of drug-likeness (QED) is 0.808. The second-order valence-electron chi connectivity index (χ2n) is 5.78. The van der Waals surface area contributed by atoms with Crippen LogP contribution < -0.4 is 10.1 Å². The van der Waals surface area contributed by atoms with E-state index in [1.165, 1.54) is 12.8 Å². The van der Waals surface area contributed by atoms with Crippen LogP contribution in [0.25, 0.3) is 0 Å². The lowest BCUT2D eigenvalue weighted by Crippen LogP contribution is -2.22. The summed E-state index contributed by atoms with van der Waals surface area (Å²) in [5.41, 5.74) is 0.303. The molecule has 0 radical (unpaired) electrons. The molecule has 0 saturated heterocycles. The first-order valence-corrected chi connectivity index (χ1v) is 7.19. The van der Waals surface area contributed by atoms with Gasteiger partial charge in [0.25, 0.3) is 0 Å². The van der Waals surface area contributed by atoms with E-state index in [9.17, 15) is 5.11 Å². The molecular formula is C15H22ClNO2. The molecular weight excluding hydrogens is 262 g/mol. The predicted molar refractivity (Wildman–Crippen MR) is 77.7 cm³/mol. The van der Waals surface area contributed by atoms with Crippen molar-refractivity contribution in [3.05, 3.63) is 28.8 Å². The molecule has 1 fully saturated rings. The Kier molecular flexibility index (Phi) is 4.71. The summed E-state index contributed by atoms with van der Waals surface area (Å²) in [6.45, 7) is 4.79. The number of aliphatic hydroxyl groups is 1. The Morgan fingerprint density at radius 1 is 1.42 bits per heavy atom. The SMILES string of the molecule is CC(C)(O)CCOc1cccc(Cl)c1CNC1CC1. The summed E-state index contributed by atoms with van der Waals surface area (Å²) in [6, 6.07) is 6.34. The van der Waals surface area contributed by atoms with Crippen LogP contribution in [0, 0.1) is 0 Å². The van der Waals surface area contributed by atoms with Crippen molar-refractivity contribution >= 4 is 11.6 Å². The number of hydrogen-bond donors (Lipinski definition) is 2. The number of nitrogens with one attached hydrogen (secondary N) is 1. The van der Waals surface area contributed by atoms with Crippen LogP contribution in [0.2, 0.25) is 5.02 Å². The van der Waals surface area contributed by atoms with Gasteiger partial charge in [-0.15, -0.1) is 0 Å². The maximum absolute atomic E-state index is 9.69. The highest BCUT2D eigenvalue weighted by atomic mass is 35.5. The fourth-order valence-corrected chi connectivity index (χ4v) is 2.02. The van der Waals surface area contributed by atoms with Crippen molar-refractivity contribution in [1.29, 1.82) is 0 Å². The van der Waals surface area contributed by atoms with Gasteiger partial charge in [-0.05, 0) is 38.8 Å². The molecule has 3 nitrogen and oxygen atoms in total. The topological polar surface area (TPSA) is 41.5 Å². The first kappa shape index (κ1) is 14.6. The highest BCUT2D eigenvalue weighted by molar-refractivity contribution is 6.31. The van der Waals surface area contributed by atoms with Crippen molar-refractivity contribution < 1.29 is 9.84 Å². The maximum Gasteiger partial charge on any atom is 0.125 e. The van der Waals surface area contributed by atoms with E-state index in [1.807, 2.05) is 18.2 Å². The average Bonchev–Trinajstić information content (AvgIpc) is 3.10. The minimum atomic E-state index is -0.703. The smallest absolute Gasteiger partial charge is 0.125 e. The summed E-state index contributed by atoms with van der Waals surface area (Å²) in [6.07, 6.45) is 3.09. The predicted octanol–water partition coefficient (Wildman–Crippen LogP) is 3.13. The molecule has 0 aliphatic heterocycles. The number of rotatable bonds is 7. The van der Waals surface area contributed by atoms with Crippen LogP contribution in [0.3, 0.4) is 0 Å². The van der Waals surface area contributed by atoms with Crippen LogP contribution in [-0.4, -0.2) is 23.4 Å². The molecule has 0 atom stereocenters. The third-order valence-electron chi connectivity index (χ3n) is 3.19. The first-order chi connectivity index (χ1) is 8.96. The van der Waals surface area contributed by atoms with Crippen LogP contribution in [0.5, 0.6) is 5.75 Å². The Balaban J connectivity index is 1.95. The minimum absolute atomic E-state index is 0.486. The van der Waals surface area contributed by atoms with Gasteiger partial charge < -0.3 is 15.2 Å². The summed E-state index contributed by atoms with van der Waals surface area (Å²) in [7, 11) is 0. The van der Waals surface area contributed by atoms with Crippen molar-refractivity contribution in [3.63, 3.8) is 0 Å². The largest absolute Gasteiger partial charge is 0.493 e. The Morgan fingerprint density at radius 3 is 2.79 bits per heavy atom. The van der Waals surface area contributed by atoms with E-state index in [0.717, 1.165) is 22.9 Å². The van der Waals surface area contributed by atoms with Crippen molar-refractivity contribution in [2.75, 3.05) is 6.61 Å². The van der Waals surface area contributed by atoms with Gasteiger partial charge in [-0.2, -0.15) is 0 Å². The molecule has 2 rings (SSSR count). The Morgan fingerprint density at radius 2 is 2.16 bits per heavy atom. The molecule has 0 aromatic heterocycles. The standard InChI is InChI=1S/C15H22ClNO2/c1-15(2,18)8-9-19-14-5-3-4-13(16)12(14)10-17-11-6-7-11/h3-5,11,17-18H,6-10H2,1-2H3. The van der Waals surface area contributed by atoms with E-state index < -0.39 is 5.60 Å². The van der Waals surface area contributed by atoms with E-state index >= 15 is 0 Å². The molecule has 0 amide bonds. The lowest BCUT2D eigenvalue weighted by Gasteiger charge is -2.18. The maximum atomic E-state index is 9.69. The number of halogens is 1. The van der Waals surface area contributed by atoms with Crippen LogP contribution in [0.1, 0.15) is 38.7 Å². The monoisotopic (exact) mass is 283 g/mol. The number of hydrogen-bond acceptors (Lipinski definition) is 3. The van der Waals surface area contributed by atoms with Crippen LogP contribution in [0.15, 0.2) is 18.2 Å². The summed E-state index contributed by atoms with van der Waals surface area (Å²) < 4.78 is 5.76. The molecule has 0 spiro atoms. The van der Waals surface area contributed by atoms with Crippen LogP contribution in [0.4, 0.5) is 0 Å². The van der Waals surface area contributed by atoms with Gasteiger partial charge in [0.1, 0.15) is 5.75 Å². The van der Waals surface area contributed by atoms with Gasteiger partial charge in [-0.3, -0.25) is 0 Å². The van der Waals surface area contributed by atoms with E-state index in [4.69, 9.17) is 16.3 Å². The average molecular weight is 284 g/mol. The molecule has 2 N–H and O–H groups in total. The van der Waals surface area contributed by atoms with Gasteiger partial charge in [0.05, 0.1) is 12.2 Å². The fraction of sp³-hybridized carbons (Fsp3) is 0.600. The molecule has 0 heterocycles. The van der Waals surface area contributed by atoms with Crippen molar-refractivity contribution in [3.8, 4) is 5.75 Å². The Labute approximate surface area is 119 Å². The van der Waals surface area contributed by atoms with Crippen LogP contribution in [-0.2, 0) is 6.54 Å². The highest BCUT2D eigenvalue weighted by Gasteiger charge is 2.21. The lowest BCUT2D eigenvalue weighted by atomic mass is 10.1. The molecule has 1 aliphatic rings. The zero-order valence-electron chi connectivity index (χ0n) is 11.6. The zero-order valence-corrected chi connectivity index (χ0v) is 12.3. The van der Waals surface area contributed by atoms with Gasteiger partial charge in [0.15, 0.2) is 0 Å². The van der Waals surface area contributed by atoms with Crippen LogP contribution >= 0.6 is 11.6 Å². The molecule has 1 aromatic carbocycles. The summed E-state index contributed by atoms with van der Waals surface area (Å²) in [5.74, 6) is 0.810. The van der Waals surface area contributed by atoms with Crippen molar-refractivity contribution in [2.45, 2.75) is 51.3 Å². The molecule has 0 bridgehead atoms. The van der Waals surface area contributed by atoms with E-state index in [1.54, 1.807) is 13.8 Å². The van der Waals surface area contributed by atoms with E-state index in [0.29, 0.717) is 19.1 Å². The van der Waals surface area contributed by atoms with Crippen molar-refractivity contribution in [2.24, 2.45) is 0 Å². The molecule has 1 aliphatic carbocycles. The summed E-state index contributed by atoms with van der Waals surface area (Å²) in [5, 5.41) is 13.9. The highest BCUT2D eigenvalue weighted by Crippen LogP contribution is 2.28. The normalized spacial score (nSPS) is 15.6. The Bertz CT molecular complexity index is 425. The van der Waals surface area contributed by atoms with Gasteiger partial charge in [0.2, 0.25) is 0 Å². The molecule has 19 heavy (non-hydrogen) atoms. The second kappa shape index (κ2) is 6.12. The van der Waals surface area contributed by atoms with E-state index in [-0.39, 0.29) is 0 Å². The number of ether oxygens (including phenoxy) is 1. The molecule has 106 valence electrons. The molecule has 1 aromatic rings. The van der Waals surface area contributed by atoms with E-state index in [2.05, 4.69) is 5.32 Å². The molecule has 0 unspecified atom stereocenters. The third-order valence-corrected chi connectivity index (χ3v) is 3.55. The zero-order chi connectivity index (χ0) is 13.9. The first-order valence-electron chi connectivity index (χ1n) is 6.82. The summed E-state index contributed by atoms with van der Waals surface area (Å²) in [4.78, 5) is 0. The van der Waals surface area contributed by atoms with Gasteiger partial charge in [-0.25, -0.2) is 0 Å². The van der Waals surface area contributed by atoms with Gasteiger partial charge >= 0.3 is 0 Å². The lowest BCUT2D eigenvalue weighted by molar-refractivity contribution is 0.0552. The summed E-state index contributed by atoms with van der Waals surface area (Å²) >= 11 is 6.23. The minimum Gasteiger partial charge on any atom is -0.493 e. The third kappa shape index (κ3) is 5.01. The Hall–Kier alpha value is -0.770. The molecule has 1 saturated carbocycles. The van der Waals surface area contributed by atoms with Crippen molar-refractivity contribution in [1.82, 2.24) is 5.32 Å². The van der Waals surface area contributed by atoms with Gasteiger partial charge in [0, 0.05) is 29.6 Å². The van der Waals surface area contributed by atoms with Gasteiger partial charge in [-0.1, -0.05) is 17.7 Å². The molecule has 4 heteroatoms. The number of benzene rings is 1. The second-order valence-corrected chi connectivity index (χ2v) is 6.19.